The van der Waals surface area contributed by atoms with Crippen LogP contribution in [0.4, 0.5) is 8.78 Å². The molecule has 3 saturated carbocycles. The van der Waals surface area contributed by atoms with E-state index in [9.17, 15) is 14.7 Å². The molecule has 8 nitrogen and oxygen atoms in total. The first-order chi connectivity index (χ1) is 21.7. The van der Waals surface area contributed by atoms with Crippen LogP contribution in [0.15, 0.2) is 42.6 Å². The molecule has 3 N–H and O–H groups in total. The highest BCUT2D eigenvalue weighted by molar-refractivity contribution is 5.94. The fraction of sp³-hybridized carbons (Fsp3) is 0.514. The molecule has 0 bridgehead atoms. The van der Waals surface area contributed by atoms with Crippen LogP contribution in [-0.4, -0.2) is 56.7 Å². The first kappa shape index (κ1) is 29.9. The second-order valence-corrected chi connectivity index (χ2v) is 13.4. The van der Waals surface area contributed by atoms with Gasteiger partial charge in [0.2, 0.25) is 5.67 Å². The van der Waals surface area contributed by atoms with Crippen LogP contribution in [0.3, 0.4) is 0 Å². The molecule has 1 aromatic heterocycles. The predicted molar refractivity (Wildman–Crippen MR) is 166 cm³/mol. The minimum atomic E-state index is -1.89. The zero-order chi connectivity index (χ0) is 31.3. The summed E-state index contributed by atoms with van der Waals surface area (Å²) in [6.45, 7) is 2.46. The minimum Gasteiger partial charge on any atom is -0.490 e. The van der Waals surface area contributed by atoms with Crippen LogP contribution in [0.25, 0.3) is 22.3 Å². The van der Waals surface area contributed by atoms with Crippen LogP contribution in [-0.2, 0) is 11.3 Å². The van der Waals surface area contributed by atoms with Gasteiger partial charge in [-0.25, -0.2) is 13.6 Å². The van der Waals surface area contributed by atoms with E-state index in [2.05, 4.69) is 15.7 Å². The number of rotatable bonds is 9. The van der Waals surface area contributed by atoms with Crippen molar-refractivity contribution in [2.45, 2.75) is 107 Å². The number of carboxylic acid groups (broad SMARTS) is 1. The fourth-order valence-corrected chi connectivity index (χ4v) is 7.63. The number of benzene rings is 2. The fourth-order valence-electron chi connectivity index (χ4n) is 7.63. The molecule has 1 aliphatic heterocycles. The third-order valence-corrected chi connectivity index (χ3v) is 10.5. The Balaban J connectivity index is 1.16. The summed E-state index contributed by atoms with van der Waals surface area (Å²) in [5.41, 5.74) is 1.06. The number of hydrogen-bond acceptors (Lipinski definition) is 5. The molecular weight excluding hydrogens is 578 g/mol. The molecular formula is C35H40F2N4O4. The first-order valence-electron chi connectivity index (χ1n) is 16.3. The van der Waals surface area contributed by atoms with Crippen LogP contribution < -0.4 is 15.4 Å². The number of carbonyl (C=O) groups is 2. The van der Waals surface area contributed by atoms with Crippen molar-refractivity contribution in [3.8, 4) is 28.0 Å². The molecule has 3 aliphatic carbocycles. The lowest BCUT2D eigenvalue weighted by Crippen LogP contribution is -2.49. The molecule has 1 saturated heterocycles. The Morgan fingerprint density at radius 3 is 2.60 bits per heavy atom. The number of nitrogens with one attached hydrogen (secondary N) is 2. The van der Waals surface area contributed by atoms with Crippen molar-refractivity contribution in [3.05, 3.63) is 59.7 Å². The third kappa shape index (κ3) is 5.51. The molecule has 45 heavy (non-hydrogen) atoms. The van der Waals surface area contributed by atoms with Gasteiger partial charge in [0.1, 0.15) is 17.7 Å². The first-order valence-corrected chi connectivity index (χ1v) is 16.3. The topological polar surface area (TPSA) is 105 Å². The number of carboxylic acids is 1. The molecule has 2 heterocycles. The molecule has 3 aromatic rings. The van der Waals surface area contributed by atoms with E-state index in [1.54, 1.807) is 16.9 Å². The smallest absolute Gasteiger partial charge is 0.357 e. The van der Waals surface area contributed by atoms with Crippen molar-refractivity contribution in [1.82, 2.24) is 20.4 Å². The number of aryl methyl sites for hydroxylation is 1. The largest absolute Gasteiger partial charge is 0.490 e. The number of hydrogen-bond donors (Lipinski definition) is 3. The average Bonchev–Trinajstić information content (AvgIpc) is 3.71. The molecule has 7 rings (SSSR count). The Hall–Kier alpha value is -3.79. The molecule has 238 valence electrons. The third-order valence-electron chi connectivity index (χ3n) is 10.5. The minimum absolute atomic E-state index is 0.0457. The van der Waals surface area contributed by atoms with Gasteiger partial charge in [0.25, 0.3) is 5.91 Å². The Bertz CT molecular complexity index is 1630. The molecule has 0 radical (unpaired) electrons. The van der Waals surface area contributed by atoms with Gasteiger partial charge in [-0.2, -0.15) is 5.10 Å². The number of amides is 1. The van der Waals surface area contributed by atoms with Crippen molar-refractivity contribution in [2.24, 2.45) is 0 Å². The Kier molecular flexibility index (Phi) is 7.66. The van der Waals surface area contributed by atoms with Gasteiger partial charge in [0, 0.05) is 54.8 Å². The van der Waals surface area contributed by atoms with Crippen molar-refractivity contribution in [1.29, 1.82) is 0 Å². The quantitative estimate of drug-likeness (QED) is 0.257. The van der Waals surface area contributed by atoms with Crippen LogP contribution in [0, 0.1) is 5.82 Å². The van der Waals surface area contributed by atoms with E-state index in [0.29, 0.717) is 53.8 Å². The van der Waals surface area contributed by atoms with Gasteiger partial charge < -0.3 is 20.5 Å². The summed E-state index contributed by atoms with van der Waals surface area (Å²) in [4.78, 5) is 25.1. The monoisotopic (exact) mass is 618 g/mol. The highest BCUT2D eigenvalue weighted by Crippen LogP contribution is 2.47. The number of carbonyl (C=O) groups excluding carboxylic acids is 1. The lowest BCUT2D eigenvalue weighted by atomic mass is 9.74. The zero-order valence-corrected chi connectivity index (χ0v) is 25.6. The summed E-state index contributed by atoms with van der Waals surface area (Å²) in [7, 11) is 0. The molecule has 4 fully saturated rings. The maximum Gasteiger partial charge on any atom is 0.357 e. The lowest BCUT2D eigenvalue weighted by Gasteiger charge is -2.38. The Labute approximate surface area is 261 Å². The van der Waals surface area contributed by atoms with E-state index in [-0.39, 0.29) is 48.1 Å². The molecule has 10 heteroatoms. The maximum absolute atomic E-state index is 15.6. The van der Waals surface area contributed by atoms with Crippen molar-refractivity contribution in [2.75, 3.05) is 6.54 Å². The molecule has 4 aliphatic rings. The molecule has 3 atom stereocenters. The second-order valence-electron chi connectivity index (χ2n) is 13.4. The van der Waals surface area contributed by atoms with Gasteiger partial charge in [-0.1, -0.05) is 24.6 Å². The van der Waals surface area contributed by atoms with Gasteiger partial charge in [-0.15, -0.1) is 0 Å². The van der Waals surface area contributed by atoms with Crippen molar-refractivity contribution in [3.63, 3.8) is 0 Å². The van der Waals surface area contributed by atoms with E-state index in [1.807, 2.05) is 31.2 Å². The summed E-state index contributed by atoms with van der Waals surface area (Å²) < 4.78 is 39.2. The van der Waals surface area contributed by atoms with Crippen LogP contribution >= 0.6 is 0 Å². The normalized spacial score (nSPS) is 25.6. The zero-order valence-electron chi connectivity index (χ0n) is 25.6. The molecule has 2 aromatic carbocycles. The van der Waals surface area contributed by atoms with E-state index >= 15 is 8.78 Å². The standard InChI is InChI=1S/C35H40F2N4O4/c1-2-41-18-27(31(40-41)32(42)43)22-10-13-29(26(16-22)25-8-4-9-28(36)30(25)21-6-3-7-21)45-24-12-11-23(17-24)39-33(44)35(37)19-34(38-20-35)14-5-15-34/h4,8-10,13,16,18,21,23-24,38H,2-3,5-7,11-12,14-15,17,19-20H2,1H3,(H,39,44)(H,42,43)/t23-,24-,35-/m1/s1. The Morgan fingerprint density at radius 2 is 1.93 bits per heavy atom. The summed E-state index contributed by atoms with van der Waals surface area (Å²) in [5, 5.41) is 20.3. The van der Waals surface area contributed by atoms with Crippen molar-refractivity contribution < 1.29 is 28.2 Å². The number of aromatic carboxylic acids is 1. The predicted octanol–water partition coefficient (Wildman–Crippen LogP) is 6.38. The van der Waals surface area contributed by atoms with Crippen molar-refractivity contribution >= 4 is 11.9 Å². The summed E-state index contributed by atoms with van der Waals surface area (Å²) in [6.07, 6.45) is 9.37. The number of aromatic nitrogens is 2. The SMILES string of the molecule is CCn1cc(-c2ccc(O[C@@H]3CC[C@@H](NC(=O)[C@]4(F)CNC5(CCC5)C4)C3)c(-c3cccc(F)c3C3CCC3)c2)c(C(=O)O)n1. The van der Waals surface area contributed by atoms with Gasteiger partial charge in [-0.3, -0.25) is 9.48 Å². The van der Waals surface area contributed by atoms with Gasteiger partial charge >= 0.3 is 5.97 Å². The number of alkyl halides is 1. The number of halogens is 2. The van der Waals surface area contributed by atoms with Gasteiger partial charge in [0.15, 0.2) is 5.69 Å². The van der Waals surface area contributed by atoms with Gasteiger partial charge in [0.05, 0.1) is 0 Å². The molecule has 0 unspecified atom stereocenters. The number of nitrogens with zero attached hydrogens (tertiary/aromatic N) is 2. The highest BCUT2D eigenvalue weighted by atomic mass is 19.1. The van der Waals surface area contributed by atoms with E-state index < -0.39 is 17.5 Å². The Morgan fingerprint density at radius 1 is 1.11 bits per heavy atom. The van der Waals surface area contributed by atoms with Crippen LogP contribution in [0.1, 0.15) is 93.1 Å². The van der Waals surface area contributed by atoms with Crippen LogP contribution in [0.5, 0.6) is 5.75 Å². The molecule has 1 spiro atoms. The summed E-state index contributed by atoms with van der Waals surface area (Å²) >= 11 is 0. The lowest BCUT2D eigenvalue weighted by molar-refractivity contribution is -0.133. The summed E-state index contributed by atoms with van der Waals surface area (Å²) in [5.74, 6) is -1.24. The maximum atomic E-state index is 15.6. The van der Waals surface area contributed by atoms with E-state index in [1.165, 1.54) is 6.07 Å². The van der Waals surface area contributed by atoms with Crippen LogP contribution in [0.2, 0.25) is 0 Å². The van der Waals surface area contributed by atoms with Gasteiger partial charge in [-0.05, 0) is 92.7 Å². The molecule has 1 amide bonds. The average molecular weight is 619 g/mol. The highest BCUT2D eigenvalue weighted by Gasteiger charge is 2.55. The van der Waals surface area contributed by atoms with E-state index in [0.717, 1.165) is 44.1 Å². The second kappa shape index (κ2) is 11.5. The summed E-state index contributed by atoms with van der Waals surface area (Å²) in [6, 6.07) is 10.4. The van der Waals surface area contributed by atoms with E-state index in [4.69, 9.17) is 4.74 Å². The number of ether oxygens (including phenoxy) is 1.